The van der Waals surface area contributed by atoms with Crippen LogP contribution in [0.15, 0.2) is 30.3 Å². The average Bonchev–Trinajstić information content (AvgIpc) is 2.60. The Balaban J connectivity index is 2.19. The summed E-state index contributed by atoms with van der Waals surface area (Å²) in [5.41, 5.74) is 2.84. The quantitative estimate of drug-likeness (QED) is 0.832. The monoisotopic (exact) mass is 363 g/mol. The Bertz CT molecular complexity index is 595. The van der Waals surface area contributed by atoms with Crippen LogP contribution in [0.4, 0.5) is 4.79 Å². The highest BCUT2D eigenvalue weighted by Gasteiger charge is 2.33. The van der Waals surface area contributed by atoms with Crippen LogP contribution >= 0.6 is 0 Å². The number of hydrazine groups is 1. The number of carbonyl (C=O) groups excluding carboxylic acids is 2. The third kappa shape index (κ3) is 5.71. The zero-order chi connectivity index (χ0) is 19.2. The number of rotatable bonds is 4. The van der Waals surface area contributed by atoms with Gasteiger partial charge in [-0.05, 0) is 33.3 Å². The molecule has 2 amide bonds. The lowest BCUT2D eigenvalue weighted by Crippen LogP contribution is -2.53. The standard InChI is InChI=1S/C19H29N3O4/c1-5-22(20-18(24)26-19(2,3)4)17(23)16(15-9-7-6-8-10-15)21-11-13-25-14-12-21/h6-10,16H,5,11-14H2,1-4H3,(H,20,24)/t16-/m1/s1. The van der Waals surface area contributed by atoms with E-state index in [1.54, 1.807) is 20.8 Å². The van der Waals surface area contributed by atoms with E-state index in [0.717, 1.165) is 5.56 Å². The lowest BCUT2D eigenvalue weighted by Gasteiger charge is -2.36. The summed E-state index contributed by atoms with van der Waals surface area (Å²) in [4.78, 5) is 27.4. The summed E-state index contributed by atoms with van der Waals surface area (Å²) in [5.74, 6) is -0.188. The Morgan fingerprint density at radius 3 is 2.38 bits per heavy atom. The zero-order valence-corrected chi connectivity index (χ0v) is 16.0. The van der Waals surface area contributed by atoms with E-state index in [9.17, 15) is 9.59 Å². The molecule has 1 heterocycles. The van der Waals surface area contributed by atoms with Crippen molar-refractivity contribution < 1.29 is 19.1 Å². The van der Waals surface area contributed by atoms with Gasteiger partial charge in [-0.25, -0.2) is 15.2 Å². The van der Waals surface area contributed by atoms with E-state index in [1.807, 2.05) is 37.3 Å². The highest BCUT2D eigenvalue weighted by molar-refractivity contribution is 5.85. The molecule has 26 heavy (non-hydrogen) atoms. The number of benzene rings is 1. The predicted molar refractivity (Wildman–Crippen MR) is 98.3 cm³/mol. The Morgan fingerprint density at radius 2 is 1.85 bits per heavy atom. The SMILES string of the molecule is CCN(NC(=O)OC(C)(C)C)C(=O)[C@@H](c1ccccc1)N1CCOCC1. The maximum absolute atomic E-state index is 13.2. The summed E-state index contributed by atoms with van der Waals surface area (Å²) in [7, 11) is 0. The molecule has 0 radical (unpaired) electrons. The van der Waals surface area contributed by atoms with Crippen molar-refractivity contribution in [2.24, 2.45) is 0 Å². The molecule has 144 valence electrons. The third-order valence-electron chi connectivity index (χ3n) is 3.97. The van der Waals surface area contributed by atoms with Crippen molar-refractivity contribution in [3.05, 3.63) is 35.9 Å². The van der Waals surface area contributed by atoms with Gasteiger partial charge in [0.25, 0.3) is 5.91 Å². The van der Waals surface area contributed by atoms with Crippen LogP contribution in [0.5, 0.6) is 0 Å². The molecule has 1 N–H and O–H groups in total. The summed E-state index contributed by atoms with van der Waals surface area (Å²) >= 11 is 0. The molecule has 0 spiro atoms. The second-order valence-corrected chi connectivity index (χ2v) is 7.16. The molecule has 2 rings (SSSR count). The molecule has 1 aliphatic heterocycles. The van der Waals surface area contributed by atoms with Crippen molar-refractivity contribution in [1.82, 2.24) is 15.3 Å². The van der Waals surface area contributed by atoms with Crippen LogP contribution in [0.2, 0.25) is 0 Å². The van der Waals surface area contributed by atoms with Gasteiger partial charge < -0.3 is 9.47 Å². The van der Waals surface area contributed by atoms with Gasteiger partial charge >= 0.3 is 6.09 Å². The fourth-order valence-electron chi connectivity index (χ4n) is 2.83. The summed E-state index contributed by atoms with van der Waals surface area (Å²) in [6, 6.07) is 9.12. The molecule has 7 nitrogen and oxygen atoms in total. The number of hydrogen-bond donors (Lipinski definition) is 1. The van der Waals surface area contributed by atoms with E-state index < -0.39 is 17.7 Å². The Kier molecular flexibility index (Phi) is 6.99. The van der Waals surface area contributed by atoms with Gasteiger partial charge in [0.2, 0.25) is 0 Å². The van der Waals surface area contributed by atoms with Gasteiger partial charge in [0.05, 0.1) is 13.2 Å². The first-order chi connectivity index (χ1) is 12.3. The second-order valence-electron chi connectivity index (χ2n) is 7.16. The minimum Gasteiger partial charge on any atom is -0.443 e. The van der Waals surface area contributed by atoms with Crippen molar-refractivity contribution in [2.75, 3.05) is 32.8 Å². The summed E-state index contributed by atoms with van der Waals surface area (Å²) in [6.45, 7) is 10.00. The van der Waals surface area contributed by atoms with Gasteiger partial charge in [-0.1, -0.05) is 30.3 Å². The van der Waals surface area contributed by atoms with E-state index in [2.05, 4.69) is 10.3 Å². The van der Waals surface area contributed by atoms with E-state index in [1.165, 1.54) is 5.01 Å². The van der Waals surface area contributed by atoms with E-state index in [0.29, 0.717) is 32.8 Å². The Morgan fingerprint density at radius 1 is 1.23 bits per heavy atom. The molecule has 0 aliphatic carbocycles. The highest BCUT2D eigenvalue weighted by atomic mass is 16.6. The number of ether oxygens (including phenoxy) is 2. The van der Waals surface area contributed by atoms with Crippen molar-refractivity contribution in [3.8, 4) is 0 Å². The number of nitrogens with one attached hydrogen (secondary N) is 1. The number of amides is 2. The first kappa shape index (κ1) is 20.2. The third-order valence-corrected chi connectivity index (χ3v) is 3.97. The van der Waals surface area contributed by atoms with Gasteiger partial charge in [-0.15, -0.1) is 0 Å². The molecule has 1 atom stereocenters. The number of likely N-dealkylation sites (N-methyl/N-ethyl adjacent to an activating group) is 1. The van der Waals surface area contributed by atoms with Gasteiger partial charge in [0.1, 0.15) is 11.6 Å². The molecule has 7 heteroatoms. The van der Waals surface area contributed by atoms with Crippen LogP contribution < -0.4 is 5.43 Å². The van der Waals surface area contributed by atoms with Crippen LogP contribution in [0, 0.1) is 0 Å². The van der Waals surface area contributed by atoms with Crippen LogP contribution in [-0.2, 0) is 14.3 Å². The smallest absolute Gasteiger partial charge is 0.426 e. The molecule has 1 saturated heterocycles. The van der Waals surface area contributed by atoms with Crippen LogP contribution in [0.25, 0.3) is 0 Å². The molecule has 0 unspecified atom stereocenters. The number of carbonyl (C=O) groups is 2. The molecule has 0 saturated carbocycles. The normalized spacial score (nSPS) is 16.6. The van der Waals surface area contributed by atoms with Crippen LogP contribution in [0.3, 0.4) is 0 Å². The number of morpholine rings is 1. The topological polar surface area (TPSA) is 71.1 Å². The zero-order valence-electron chi connectivity index (χ0n) is 16.0. The fraction of sp³-hybridized carbons (Fsp3) is 0.579. The van der Waals surface area contributed by atoms with Crippen LogP contribution in [0.1, 0.15) is 39.3 Å². The predicted octanol–water partition coefficient (Wildman–Crippen LogP) is 2.35. The van der Waals surface area contributed by atoms with E-state index >= 15 is 0 Å². The largest absolute Gasteiger partial charge is 0.443 e. The number of nitrogens with zero attached hydrogens (tertiary/aromatic N) is 2. The average molecular weight is 363 g/mol. The van der Waals surface area contributed by atoms with Crippen molar-refractivity contribution in [3.63, 3.8) is 0 Å². The molecular formula is C19H29N3O4. The lowest BCUT2D eigenvalue weighted by molar-refractivity contribution is -0.142. The van der Waals surface area contributed by atoms with Crippen molar-refractivity contribution in [1.29, 1.82) is 0 Å². The minimum absolute atomic E-state index is 0.188. The van der Waals surface area contributed by atoms with Crippen LogP contribution in [-0.4, -0.2) is 60.4 Å². The maximum atomic E-state index is 13.2. The summed E-state index contributed by atoms with van der Waals surface area (Å²) in [5, 5.41) is 1.32. The van der Waals surface area contributed by atoms with Crippen molar-refractivity contribution in [2.45, 2.75) is 39.3 Å². The Labute approximate surface area is 155 Å². The highest BCUT2D eigenvalue weighted by Crippen LogP contribution is 2.24. The lowest BCUT2D eigenvalue weighted by atomic mass is 10.0. The number of hydrogen-bond acceptors (Lipinski definition) is 5. The van der Waals surface area contributed by atoms with Gasteiger partial charge in [0, 0.05) is 19.6 Å². The molecular weight excluding hydrogens is 334 g/mol. The molecule has 1 aromatic carbocycles. The maximum Gasteiger partial charge on any atom is 0.426 e. The van der Waals surface area contributed by atoms with Gasteiger partial charge in [-0.3, -0.25) is 9.69 Å². The summed E-state index contributed by atoms with van der Waals surface area (Å²) < 4.78 is 10.7. The first-order valence-electron chi connectivity index (χ1n) is 8.99. The second kappa shape index (κ2) is 9.00. The van der Waals surface area contributed by atoms with E-state index in [4.69, 9.17) is 9.47 Å². The minimum atomic E-state index is -0.638. The van der Waals surface area contributed by atoms with Gasteiger partial charge in [0.15, 0.2) is 0 Å². The molecule has 0 aromatic heterocycles. The first-order valence-corrected chi connectivity index (χ1v) is 8.99. The van der Waals surface area contributed by atoms with Crippen molar-refractivity contribution >= 4 is 12.0 Å². The van der Waals surface area contributed by atoms with Gasteiger partial charge in [-0.2, -0.15) is 0 Å². The molecule has 1 aliphatic rings. The molecule has 0 bridgehead atoms. The van der Waals surface area contributed by atoms with E-state index in [-0.39, 0.29) is 5.91 Å². The molecule has 1 aromatic rings. The Hall–Kier alpha value is -2.12. The molecule has 1 fully saturated rings. The summed E-state index contributed by atoms with van der Waals surface area (Å²) in [6.07, 6.45) is -0.638. The fourth-order valence-corrected chi connectivity index (χ4v) is 2.83.